The second-order valence-corrected chi connectivity index (χ2v) is 6.24. The van der Waals surface area contributed by atoms with Crippen LogP contribution in [-0.4, -0.2) is 9.97 Å². The van der Waals surface area contributed by atoms with Crippen LogP contribution in [0.4, 0.5) is 11.4 Å². The lowest BCUT2D eigenvalue weighted by Crippen LogP contribution is -2.04. The van der Waals surface area contributed by atoms with E-state index in [0.29, 0.717) is 12.2 Å². The minimum absolute atomic E-state index is 0.0460. The van der Waals surface area contributed by atoms with Gasteiger partial charge in [-0.2, -0.15) is 0 Å². The largest absolute Gasteiger partial charge is 0.397 e. The zero-order valence-corrected chi connectivity index (χ0v) is 11.8. The van der Waals surface area contributed by atoms with E-state index in [1.807, 2.05) is 19.1 Å². The Hall–Kier alpha value is -1.86. The van der Waals surface area contributed by atoms with Crippen LogP contribution < -0.4 is 15.9 Å². The normalized spacial score (nSPS) is 11.0. The van der Waals surface area contributed by atoms with Crippen LogP contribution in [0, 0.1) is 6.92 Å². The molecule has 0 radical (unpaired) electrons. The summed E-state index contributed by atoms with van der Waals surface area (Å²) in [6, 6.07) is 3.87. The molecule has 0 saturated heterocycles. The third-order valence-corrected chi connectivity index (χ3v) is 4.36. The van der Waals surface area contributed by atoms with E-state index in [2.05, 4.69) is 15.3 Å². The summed E-state index contributed by atoms with van der Waals surface area (Å²) in [5.41, 5.74) is 9.33. The lowest BCUT2D eigenvalue weighted by molar-refractivity contribution is 1.06. The highest BCUT2D eigenvalue weighted by molar-refractivity contribution is 7.18. The molecular formula is C12H12N4OS2. The number of thiazole rings is 2. The molecule has 0 atom stereocenters. The number of benzene rings is 1. The molecule has 0 aliphatic rings. The van der Waals surface area contributed by atoms with Gasteiger partial charge in [0.05, 0.1) is 33.1 Å². The molecule has 7 heteroatoms. The van der Waals surface area contributed by atoms with Crippen molar-refractivity contribution in [3.63, 3.8) is 0 Å². The van der Waals surface area contributed by atoms with Gasteiger partial charge in [-0.25, -0.2) is 4.98 Å². The fourth-order valence-electron chi connectivity index (χ4n) is 1.85. The lowest BCUT2D eigenvalue weighted by Gasteiger charge is -2.08. The number of aromatic nitrogens is 2. The molecule has 1 aromatic carbocycles. The first-order valence-electron chi connectivity index (χ1n) is 5.69. The van der Waals surface area contributed by atoms with Gasteiger partial charge in [-0.3, -0.25) is 4.79 Å². The molecule has 0 bridgehead atoms. The first kappa shape index (κ1) is 12.2. The molecule has 2 heterocycles. The quantitative estimate of drug-likeness (QED) is 0.648. The molecule has 5 nitrogen and oxygen atoms in total. The molecule has 2 aromatic heterocycles. The van der Waals surface area contributed by atoms with Crippen molar-refractivity contribution in [2.75, 3.05) is 11.1 Å². The Labute approximate surface area is 117 Å². The number of anilines is 2. The van der Waals surface area contributed by atoms with Crippen molar-refractivity contribution in [2.45, 2.75) is 13.5 Å². The second-order valence-electron chi connectivity index (χ2n) is 4.17. The van der Waals surface area contributed by atoms with Crippen LogP contribution in [0.2, 0.25) is 0 Å². The van der Waals surface area contributed by atoms with Crippen molar-refractivity contribution in [3.8, 4) is 0 Å². The third-order valence-electron chi connectivity index (χ3n) is 2.71. The molecule has 0 fully saturated rings. The van der Waals surface area contributed by atoms with Gasteiger partial charge in [0, 0.05) is 11.1 Å². The van der Waals surface area contributed by atoms with Gasteiger partial charge in [0.1, 0.15) is 0 Å². The van der Waals surface area contributed by atoms with E-state index in [9.17, 15) is 4.79 Å². The summed E-state index contributed by atoms with van der Waals surface area (Å²) < 4.78 is 1.09. The molecule has 3 rings (SSSR count). The van der Waals surface area contributed by atoms with Gasteiger partial charge in [-0.05, 0) is 19.1 Å². The zero-order valence-electron chi connectivity index (χ0n) is 10.2. The van der Waals surface area contributed by atoms with E-state index in [0.717, 1.165) is 37.9 Å². The Balaban J connectivity index is 1.87. The van der Waals surface area contributed by atoms with Gasteiger partial charge >= 0.3 is 4.87 Å². The summed E-state index contributed by atoms with van der Waals surface area (Å²) in [4.78, 5) is 18.2. The van der Waals surface area contributed by atoms with Crippen LogP contribution >= 0.6 is 22.7 Å². The lowest BCUT2D eigenvalue weighted by atomic mass is 10.2. The SMILES string of the molecule is Cc1nc2cc(NCc3csc(=O)[nH]3)c(N)cc2s1. The number of aryl methyl sites for hydroxylation is 1. The monoisotopic (exact) mass is 292 g/mol. The third kappa shape index (κ3) is 2.47. The van der Waals surface area contributed by atoms with E-state index in [1.165, 1.54) is 0 Å². The minimum Gasteiger partial charge on any atom is -0.397 e. The van der Waals surface area contributed by atoms with Crippen LogP contribution in [0.1, 0.15) is 10.7 Å². The standard InChI is InChI=1S/C12H12N4OS2/c1-6-15-10-3-9(8(13)2-11(10)19-6)14-4-7-5-18-12(17)16-7/h2-3,5,14H,4,13H2,1H3,(H,16,17). The van der Waals surface area contributed by atoms with Gasteiger partial charge < -0.3 is 16.0 Å². The van der Waals surface area contributed by atoms with Crippen molar-refractivity contribution in [3.05, 3.63) is 37.9 Å². The highest BCUT2D eigenvalue weighted by Crippen LogP contribution is 2.29. The van der Waals surface area contributed by atoms with Crippen LogP contribution in [-0.2, 0) is 6.54 Å². The smallest absolute Gasteiger partial charge is 0.304 e. The van der Waals surface area contributed by atoms with Crippen molar-refractivity contribution in [1.29, 1.82) is 0 Å². The molecule has 0 aliphatic heterocycles. The number of H-pyrrole nitrogens is 1. The number of nitrogens with zero attached hydrogens (tertiary/aromatic N) is 1. The van der Waals surface area contributed by atoms with E-state index < -0.39 is 0 Å². The summed E-state index contributed by atoms with van der Waals surface area (Å²) in [7, 11) is 0. The molecule has 0 unspecified atom stereocenters. The molecule has 0 aliphatic carbocycles. The molecule has 0 amide bonds. The van der Waals surface area contributed by atoms with Crippen LogP contribution in [0.25, 0.3) is 10.2 Å². The Morgan fingerprint density at radius 3 is 3.05 bits per heavy atom. The van der Waals surface area contributed by atoms with E-state index in [-0.39, 0.29) is 4.87 Å². The Bertz CT molecular complexity index is 786. The Kier molecular flexibility index (Phi) is 3.00. The first-order valence-corrected chi connectivity index (χ1v) is 7.38. The number of aromatic amines is 1. The van der Waals surface area contributed by atoms with Gasteiger partial charge in [-0.15, -0.1) is 11.3 Å². The van der Waals surface area contributed by atoms with Crippen LogP contribution in [0.3, 0.4) is 0 Å². The zero-order chi connectivity index (χ0) is 13.4. The summed E-state index contributed by atoms with van der Waals surface area (Å²) >= 11 is 2.78. The summed E-state index contributed by atoms with van der Waals surface area (Å²) in [5, 5.41) is 6.04. The Morgan fingerprint density at radius 1 is 1.47 bits per heavy atom. The van der Waals surface area contributed by atoms with Gasteiger partial charge in [0.25, 0.3) is 0 Å². The van der Waals surface area contributed by atoms with Gasteiger partial charge in [0.2, 0.25) is 0 Å². The summed E-state index contributed by atoms with van der Waals surface area (Å²) in [5.74, 6) is 0. The molecule has 98 valence electrons. The van der Waals surface area contributed by atoms with E-state index in [1.54, 1.807) is 16.7 Å². The number of rotatable bonds is 3. The maximum Gasteiger partial charge on any atom is 0.304 e. The highest BCUT2D eigenvalue weighted by atomic mass is 32.1. The fourth-order valence-corrected chi connectivity index (χ4v) is 3.29. The number of hydrogen-bond donors (Lipinski definition) is 3. The topological polar surface area (TPSA) is 83.8 Å². The van der Waals surface area contributed by atoms with Crippen molar-refractivity contribution < 1.29 is 0 Å². The predicted molar refractivity (Wildman–Crippen MR) is 81.0 cm³/mol. The maximum atomic E-state index is 11.0. The minimum atomic E-state index is -0.0460. The molecule has 4 N–H and O–H groups in total. The molecule has 19 heavy (non-hydrogen) atoms. The van der Waals surface area contributed by atoms with Gasteiger partial charge in [0.15, 0.2) is 0 Å². The predicted octanol–water partition coefficient (Wildman–Crippen LogP) is 2.55. The van der Waals surface area contributed by atoms with Crippen LogP contribution in [0.5, 0.6) is 0 Å². The fraction of sp³-hybridized carbons (Fsp3) is 0.167. The summed E-state index contributed by atoms with van der Waals surface area (Å²) in [6.45, 7) is 2.52. The highest BCUT2D eigenvalue weighted by Gasteiger charge is 2.06. The second kappa shape index (κ2) is 4.67. The molecule has 0 spiro atoms. The number of nitrogens with two attached hydrogens (primary N) is 1. The van der Waals surface area contributed by atoms with Crippen molar-refractivity contribution >= 4 is 44.3 Å². The number of nitrogen functional groups attached to an aromatic ring is 1. The van der Waals surface area contributed by atoms with Crippen molar-refractivity contribution in [2.24, 2.45) is 0 Å². The average molecular weight is 292 g/mol. The molecular weight excluding hydrogens is 280 g/mol. The molecule has 0 saturated carbocycles. The number of nitrogens with one attached hydrogen (secondary N) is 2. The molecule has 3 aromatic rings. The van der Waals surface area contributed by atoms with Crippen LogP contribution in [0.15, 0.2) is 22.3 Å². The number of hydrogen-bond acceptors (Lipinski definition) is 6. The van der Waals surface area contributed by atoms with Crippen molar-refractivity contribution in [1.82, 2.24) is 9.97 Å². The van der Waals surface area contributed by atoms with E-state index >= 15 is 0 Å². The van der Waals surface area contributed by atoms with E-state index in [4.69, 9.17) is 5.73 Å². The first-order chi connectivity index (χ1) is 9.11. The maximum absolute atomic E-state index is 11.0. The number of fused-ring (bicyclic) bond motifs is 1. The Morgan fingerprint density at radius 2 is 2.32 bits per heavy atom. The summed E-state index contributed by atoms with van der Waals surface area (Å²) in [6.07, 6.45) is 0. The average Bonchev–Trinajstić information content (AvgIpc) is 2.91. The van der Waals surface area contributed by atoms with Gasteiger partial charge in [-0.1, -0.05) is 11.3 Å².